The normalized spacial score (nSPS) is 27.2. The highest BCUT2D eigenvalue weighted by Crippen LogP contribution is 2.17. The summed E-state index contributed by atoms with van der Waals surface area (Å²) in [6.07, 6.45) is 0.779. The first-order chi connectivity index (χ1) is 5.88. The van der Waals surface area contributed by atoms with Crippen LogP contribution in [0.15, 0.2) is 0 Å². The Balaban J connectivity index is 0.000000561. The van der Waals surface area contributed by atoms with Gasteiger partial charge in [-0.1, -0.05) is 13.8 Å². The van der Waals surface area contributed by atoms with Crippen molar-refractivity contribution < 1.29 is 4.79 Å². The number of likely N-dealkylation sites (N-methyl/N-ethyl adjacent to an activating group) is 1. The molecular formula is C8H18N2OS. The highest BCUT2D eigenvalue weighted by atomic mass is 32.2. The van der Waals surface area contributed by atoms with Gasteiger partial charge < -0.3 is 10.6 Å². The summed E-state index contributed by atoms with van der Waals surface area (Å²) in [7, 11) is 1.93. The minimum absolute atomic E-state index is 0.326. The van der Waals surface area contributed by atoms with E-state index in [1.165, 1.54) is 0 Å². The van der Waals surface area contributed by atoms with E-state index in [0.717, 1.165) is 17.9 Å². The van der Waals surface area contributed by atoms with Crippen LogP contribution in [0, 0.1) is 0 Å². The Morgan fingerprint density at radius 2 is 1.92 bits per heavy atom. The summed E-state index contributed by atoms with van der Waals surface area (Å²) < 4.78 is 0. The summed E-state index contributed by atoms with van der Waals surface area (Å²) in [5.74, 6) is 2.13. The highest BCUT2D eigenvalue weighted by molar-refractivity contribution is 7.99. The molecule has 0 aromatic rings. The molecule has 1 fully saturated rings. The molecule has 1 rings (SSSR count). The largest absolute Gasteiger partial charge is 0.354 e. The van der Waals surface area contributed by atoms with Crippen LogP contribution < -0.4 is 10.6 Å². The van der Waals surface area contributed by atoms with Crippen LogP contribution in [0.25, 0.3) is 0 Å². The van der Waals surface area contributed by atoms with Gasteiger partial charge in [0.1, 0.15) is 0 Å². The van der Waals surface area contributed by atoms with Crippen molar-refractivity contribution in [3.8, 4) is 0 Å². The molecule has 0 aromatic heterocycles. The van der Waals surface area contributed by atoms with Gasteiger partial charge in [0, 0.05) is 17.5 Å². The van der Waals surface area contributed by atoms with Crippen LogP contribution in [-0.4, -0.2) is 37.0 Å². The molecule has 1 amide bonds. The van der Waals surface area contributed by atoms with Crippen LogP contribution in [-0.2, 0) is 4.79 Å². The molecule has 0 radical (unpaired) electrons. The lowest BCUT2D eigenvalue weighted by molar-refractivity contribution is -0.110. The molecule has 2 atom stereocenters. The highest BCUT2D eigenvalue weighted by Gasteiger charge is 2.25. The van der Waals surface area contributed by atoms with E-state index in [0.29, 0.717) is 12.1 Å². The first-order valence-corrected chi connectivity index (χ1v) is 5.48. The zero-order chi connectivity index (χ0) is 9.40. The zero-order valence-electron chi connectivity index (χ0n) is 7.96. The quantitative estimate of drug-likeness (QED) is 0.635. The van der Waals surface area contributed by atoms with E-state index in [4.69, 9.17) is 0 Å². The molecular weight excluding hydrogens is 172 g/mol. The van der Waals surface area contributed by atoms with Gasteiger partial charge in [-0.2, -0.15) is 11.8 Å². The number of carbonyl (C=O) groups is 1. The lowest BCUT2D eigenvalue weighted by Crippen LogP contribution is -2.45. The summed E-state index contributed by atoms with van der Waals surface area (Å²) in [5, 5.41) is 5.94. The summed E-state index contributed by atoms with van der Waals surface area (Å²) in [5.41, 5.74) is 0. The third-order valence-electron chi connectivity index (χ3n) is 1.73. The van der Waals surface area contributed by atoms with Crippen molar-refractivity contribution in [2.75, 3.05) is 18.6 Å². The van der Waals surface area contributed by atoms with Gasteiger partial charge in [0.05, 0.1) is 6.04 Å². The molecule has 0 saturated carbocycles. The predicted octanol–water partition coefficient (Wildman–Crippen LogP) is 0.462. The fourth-order valence-electron chi connectivity index (χ4n) is 1.09. The smallest absolute Gasteiger partial charge is 0.207 e. The molecule has 0 aromatic carbocycles. The number of hydrogen-bond acceptors (Lipinski definition) is 3. The van der Waals surface area contributed by atoms with Crippen LogP contribution in [0.3, 0.4) is 0 Å². The molecule has 0 spiro atoms. The lowest BCUT2D eigenvalue weighted by Gasteiger charge is -2.16. The second-order valence-corrected chi connectivity index (χ2v) is 3.40. The molecule has 2 N–H and O–H groups in total. The summed E-state index contributed by atoms with van der Waals surface area (Å²) >= 11 is 1.87. The molecule has 72 valence electrons. The standard InChI is InChI=1S/C6H12N2OS.C2H6/c1-7-5-2-10-3-6(5)8-4-9;1-2/h4-7H,2-3H2,1H3,(H,8,9);1-2H3. The van der Waals surface area contributed by atoms with E-state index >= 15 is 0 Å². The van der Waals surface area contributed by atoms with Gasteiger partial charge in [0.25, 0.3) is 0 Å². The van der Waals surface area contributed by atoms with Gasteiger partial charge in [0.2, 0.25) is 6.41 Å². The van der Waals surface area contributed by atoms with Crippen LogP contribution in [0.1, 0.15) is 13.8 Å². The van der Waals surface area contributed by atoms with Gasteiger partial charge in [-0.15, -0.1) is 0 Å². The minimum atomic E-state index is 0.326. The zero-order valence-corrected chi connectivity index (χ0v) is 8.78. The maximum Gasteiger partial charge on any atom is 0.207 e. The molecule has 12 heavy (non-hydrogen) atoms. The number of carbonyl (C=O) groups excluding carboxylic acids is 1. The maximum atomic E-state index is 10.1. The Morgan fingerprint density at radius 3 is 2.42 bits per heavy atom. The van der Waals surface area contributed by atoms with Crippen molar-refractivity contribution in [3.05, 3.63) is 0 Å². The van der Waals surface area contributed by atoms with Gasteiger partial charge in [-0.3, -0.25) is 4.79 Å². The lowest BCUT2D eigenvalue weighted by atomic mass is 10.2. The van der Waals surface area contributed by atoms with Crippen LogP contribution >= 0.6 is 11.8 Å². The number of nitrogens with one attached hydrogen (secondary N) is 2. The molecule has 1 aliphatic heterocycles. The summed E-state index contributed by atoms with van der Waals surface area (Å²) in [6.45, 7) is 4.00. The van der Waals surface area contributed by atoms with Crippen molar-refractivity contribution in [1.82, 2.24) is 10.6 Å². The number of thioether (sulfide) groups is 1. The monoisotopic (exact) mass is 190 g/mol. The number of hydrogen-bond donors (Lipinski definition) is 2. The van der Waals surface area contributed by atoms with Gasteiger partial charge in [-0.05, 0) is 7.05 Å². The molecule has 0 bridgehead atoms. The Labute approximate surface area is 78.7 Å². The summed E-state index contributed by atoms with van der Waals surface area (Å²) in [4.78, 5) is 10.1. The van der Waals surface area contributed by atoms with Crippen LogP contribution in [0.5, 0.6) is 0 Å². The third-order valence-corrected chi connectivity index (χ3v) is 2.92. The van der Waals surface area contributed by atoms with E-state index in [-0.39, 0.29) is 0 Å². The van der Waals surface area contributed by atoms with Crippen molar-refractivity contribution >= 4 is 18.2 Å². The molecule has 1 aliphatic rings. The van der Waals surface area contributed by atoms with E-state index < -0.39 is 0 Å². The van der Waals surface area contributed by atoms with Crippen molar-refractivity contribution in [2.45, 2.75) is 25.9 Å². The molecule has 1 saturated heterocycles. The van der Waals surface area contributed by atoms with Crippen LogP contribution in [0.2, 0.25) is 0 Å². The predicted molar refractivity (Wildman–Crippen MR) is 54.5 cm³/mol. The average Bonchev–Trinajstić information content (AvgIpc) is 2.56. The van der Waals surface area contributed by atoms with Crippen molar-refractivity contribution in [2.24, 2.45) is 0 Å². The average molecular weight is 190 g/mol. The Morgan fingerprint density at radius 1 is 1.33 bits per heavy atom. The fraction of sp³-hybridized carbons (Fsp3) is 0.875. The second-order valence-electron chi connectivity index (χ2n) is 2.32. The first kappa shape index (κ1) is 11.8. The second kappa shape index (κ2) is 7.43. The molecule has 2 unspecified atom stereocenters. The van der Waals surface area contributed by atoms with E-state index in [1.807, 2.05) is 32.7 Å². The van der Waals surface area contributed by atoms with E-state index in [2.05, 4.69) is 10.6 Å². The van der Waals surface area contributed by atoms with Crippen LogP contribution in [0.4, 0.5) is 0 Å². The van der Waals surface area contributed by atoms with Gasteiger partial charge in [0.15, 0.2) is 0 Å². The fourth-order valence-corrected chi connectivity index (χ4v) is 2.46. The molecule has 3 nitrogen and oxygen atoms in total. The Bertz CT molecular complexity index is 122. The molecule has 0 aliphatic carbocycles. The summed E-state index contributed by atoms with van der Waals surface area (Å²) in [6, 6.07) is 0.780. The Kier molecular flexibility index (Phi) is 7.29. The molecule has 4 heteroatoms. The van der Waals surface area contributed by atoms with Gasteiger partial charge in [-0.25, -0.2) is 0 Å². The topological polar surface area (TPSA) is 41.1 Å². The van der Waals surface area contributed by atoms with Gasteiger partial charge >= 0.3 is 0 Å². The van der Waals surface area contributed by atoms with Crippen molar-refractivity contribution in [1.29, 1.82) is 0 Å². The molecule has 1 heterocycles. The SMILES string of the molecule is CC.CNC1CSCC1NC=O. The number of amides is 1. The van der Waals surface area contributed by atoms with E-state index in [1.54, 1.807) is 0 Å². The Hall–Kier alpha value is -0.220. The van der Waals surface area contributed by atoms with Crippen molar-refractivity contribution in [3.63, 3.8) is 0 Å². The first-order valence-electron chi connectivity index (χ1n) is 4.33. The maximum absolute atomic E-state index is 10.1. The number of rotatable bonds is 3. The third kappa shape index (κ3) is 3.45. The van der Waals surface area contributed by atoms with E-state index in [9.17, 15) is 4.79 Å². The minimum Gasteiger partial charge on any atom is -0.354 e.